The van der Waals surface area contributed by atoms with Crippen molar-refractivity contribution in [3.05, 3.63) is 0 Å². The lowest BCUT2D eigenvalue weighted by molar-refractivity contribution is 0.165. The fourth-order valence-corrected chi connectivity index (χ4v) is 1.53. The molecule has 3 heteroatoms. The third-order valence-corrected chi connectivity index (χ3v) is 3.10. The molecule has 0 unspecified atom stereocenters. The van der Waals surface area contributed by atoms with Gasteiger partial charge < -0.3 is 5.11 Å². The largest absolute Gasteiger partial charge is 0.396 e. The van der Waals surface area contributed by atoms with Crippen molar-refractivity contribution in [2.24, 2.45) is 5.41 Å². The molecule has 0 aromatic rings. The second-order valence-corrected chi connectivity index (χ2v) is 2.96. The van der Waals surface area contributed by atoms with Crippen LogP contribution < -0.4 is 0 Å². The Kier molecular flexibility index (Phi) is 4.80. The Bertz CT molecular complexity index is 53.9. The molecule has 0 saturated heterocycles. The van der Waals surface area contributed by atoms with E-state index in [2.05, 4.69) is 25.3 Å². The zero-order valence-corrected chi connectivity index (χ0v) is 7.46. The van der Waals surface area contributed by atoms with Gasteiger partial charge in [0, 0.05) is 5.41 Å². The van der Waals surface area contributed by atoms with Crippen molar-refractivity contribution in [3.63, 3.8) is 0 Å². The molecule has 0 amide bonds. The Morgan fingerprint density at radius 2 is 1.78 bits per heavy atom. The van der Waals surface area contributed by atoms with Gasteiger partial charge in [0.25, 0.3) is 0 Å². The number of hydrogen-bond acceptors (Lipinski definition) is 3. The zero-order chi connectivity index (χ0) is 7.33. The van der Waals surface area contributed by atoms with Gasteiger partial charge in [-0.25, -0.2) is 0 Å². The lowest BCUT2D eigenvalue weighted by Crippen LogP contribution is -2.28. The summed E-state index contributed by atoms with van der Waals surface area (Å²) in [5, 5.41) is 8.88. The molecule has 0 aromatic heterocycles. The van der Waals surface area contributed by atoms with Crippen molar-refractivity contribution in [1.82, 2.24) is 0 Å². The van der Waals surface area contributed by atoms with E-state index in [-0.39, 0.29) is 12.0 Å². The van der Waals surface area contributed by atoms with Crippen LogP contribution in [0.2, 0.25) is 0 Å². The smallest absolute Gasteiger partial charge is 0.0502 e. The molecule has 0 aliphatic rings. The van der Waals surface area contributed by atoms with Crippen LogP contribution >= 0.6 is 25.3 Å². The highest BCUT2D eigenvalue weighted by Crippen LogP contribution is 2.23. The fraction of sp³-hybridized carbons (Fsp3) is 1.00. The van der Waals surface area contributed by atoms with Crippen molar-refractivity contribution in [2.75, 3.05) is 18.1 Å². The predicted molar refractivity (Wildman–Crippen MR) is 47.5 cm³/mol. The van der Waals surface area contributed by atoms with Gasteiger partial charge in [0.1, 0.15) is 0 Å². The van der Waals surface area contributed by atoms with Crippen LogP contribution in [0.3, 0.4) is 0 Å². The van der Waals surface area contributed by atoms with E-state index in [0.29, 0.717) is 11.5 Å². The average Bonchev–Trinajstić information content (AvgIpc) is 1.95. The van der Waals surface area contributed by atoms with Gasteiger partial charge in [-0.2, -0.15) is 25.3 Å². The number of aliphatic hydroxyl groups excluding tert-OH is 1. The minimum atomic E-state index is -0.0494. The molecule has 0 aliphatic heterocycles. The van der Waals surface area contributed by atoms with Gasteiger partial charge in [-0.1, -0.05) is 6.92 Å². The van der Waals surface area contributed by atoms with Crippen LogP contribution in [0.25, 0.3) is 0 Å². The van der Waals surface area contributed by atoms with Crippen LogP contribution in [0.1, 0.15) is 13.3 Å². The highest BCUT2D eigenvalue weighted by Gasteiger charge is 2.23. The molecule has 1 N–H and O–H groups in total. The van der Waals surface area contributed by atoms with Crippen LogP contribution in [0.5, 0.6) is 0 Å². The lowest BCUT2D eigenvalue weighted by Gasteiger charge is -2.25. The van der Waals surface area contributed by atoms with E-state index in [4.69, 9.17) is 5.11 Å². The maximum Gasteiger partial charge on any atom is 0.0502 e. The Labute approximate surface area is 67.7 Å². The van der Waals surface area contributed by atoms with Gasteiger partial charge in [-0.3, -0.25) is 0 Å². The fourth-order valence-electron chi connectivity index (χ4n) is 0.485. The molecule has 0 atom stereocenters. The molecule has 0 aliphatic carbocycles. The molecule has 0 aromatic carbocycles. The molecule has 56 valence electrons. The van der Waals surface area contributed by atoms with Crippen molar-refractivity contribution >= 4 is 25.3 Å². The van der Waals surface area contributed by atoms with Crippen LogP contribution in [0.15, 0.2) is 0 Å². The normalized spacial score (nSPS) is 12.0. The highest BCUT2D eigenvalue weighted by atomic mass is 32.1. The first kappa shape index (κ1) is 9.66. The Balaban J connectivity index is 3.82. The van der Waals surface area contributed by atoms with Crippen molar-refractivity contribution in [3.8, 4) is 0 Å². The van der Waals surface area contributed by atoms with Crippen molar-refractivity contribution in [2.45, 2.75) is 13.3 Å². The monoisotopic (exact) mass is 166 g/mol. The SMILES string of the molecule is CCC(CO)(CS)CS. The molecule has 0 saturated carbocycles. The summed E-state index contributed by atoms with van der Waals surface area (Å²) in [5.41, 5.74) is -0.0494. The molecule has 0 fully saturated rings. The summed E-state index contributed by atoms with van der Waals surface area (Å²) in [5.74, 6) is 1.42. The highest BCUT2D eigenvalue weighted by molar-refractivity contribution is 7.81. The molecule has 0 bridgehead atoms. The van der Waals surface area contributed by atoms with Gasteiger partial charge in [-0.05, 0) is 17.9 Å². The molecule has 0 spiro atoms. The Hall–Kier alpha value is 0.660. The average molecular weight is 166 g/mol. The first-order chi connectivity index (χ1) is 4.24. The minimum Gasteiger partial charge on any atom is -0.396 e. The number of rotatable bonds is 4. The van der Waals surface area contributed by atoms with Gasteiger partial charge in [0.2, 0.25) is 0 Å². The molecular formula is C6H14OS2. The van der Waals surface area contributed by atoms with E-state index in [9.17, 15) is 0 Å². The van der Waals surface area contributed by atoms with Crippen LogP contribution in [-0.4, -0.2) is 23.2 Å². The Morgan fingerprint density at radius 3 is 1.78 bits per heavy atom. The summed E-state index contributed by atoms with van der Waals surface area (Å²) in [6.07, 6.45) is 0.941. The summed E-state index contributed by atoms with van der Waals surface area (Å²) in [6, 6.07) is 0. The maximum atomic E-state index is 8.88. The minimum absolute atomic E-state index is 0.0494. The number of aliphatic hydroxyl groups is 1. The molecule has 0 heterocycles. The topological polar surface area (TPSA) is 20.2 Å². The van der Waals surface area contributed by atoms with Crippen molar-refractivity contribution in [1.29, 1.82) is 0 Å². The summed E-state index contributed by atoms with van der Waals surface area (Å²) in [7, 11) is 0. The molecule has 1 nitrogen and oxygen atoms in total. The van der Waals surface area contributed by atoms with Gasteiger partial charge >= 0.3 is 0 Å². The van der Waals surface area contributed by atoms with E-state index < -0.39 is 0 Å². The van der Waals surface area contributed by atoms with E-state index in [1.165, 1.54) is 0 Å². The van der Waals surface area contributed by atoms with Gasteiger partial charge in [0.05, 0.1) is 6.61 Å². The molecule has 9 heavy (non-hydrogen) atoms. The maximum absolute atomic E-state index is 8.88. The first-order valence-corrected chi connectivity index (χ1v) is 4.33. The lowest BCUT2D eigenvalue weighted by atomic mass is 9.91. The van der Waals surface area contributed by atoms with E-state index in [1.807, 2.05) is 6.92 Å². The third kappa shape index (κ3) is 2.40. The second-order valence-electron chi connectivity index (χ2n) is 2.33. The summed E-state index contributed by atoms with van der Waals surface area (Å²) >= 11 is 8.27. The zero-order valence-electron chi connectivity index (χ0n) is 5.67. The standard InChI is InChI=1S/C6H14OS2/c1-2-6(3-7,4-8)5-9/h7-9H,2-5H2,1H3. The van der Waals surface area contributed by atoms with E-state index >= 15 is 0 Å². The van der Waals surface area contributed by atoms with Gasteiger partial charge in [-0.15, -0.1) is 0 Å². The molecule has 0 rings (SSSR count). The van der Waals surface area contributed by atoms with Crippen LogP contribution in [0, 0.1) is 5.41 Å². The summed E-state index contributed by atoms with van der Waals surface area (Å²) < 4.78 is 0. The van der Waals surface area contributed by atoms with Crippen LogP contribution in [-0.2, 0) is 0 Å². The Morgan fingerprint density at radius 1 is 1.33 bits per heavy atom. The summed E-state index contributed by atoms with van der Waals surface area (Å²) in [4.78, 5) is 0. The number of thiol groups is 2. The van der Waals surface area contributed by atoms with Gasteiger partial charge in [0.15, 0.2) is 0 Å². The first-order valence-electron chi connectivity index (χ1n) is 3.07. The van der Waals surface area contributed by atoms with E-state index in [0.717, 1.165) is 6.42 Å². The van der Waals surface area contributed by atoms with E-state index in [1.54, 1.807) is 0 Å². The molecule has 0 radical (unpaired) electrons. The predicted octanol–water partition coefficient (Wildman–Crippen LogP) is 1.23. The number of hydrogen-bond donors (Lipinski definition) is 3. The van der Waals surface area contributed by atoms with Crippen LogP contribution in [0.4, 0.5) is 0 Å². The quantitative estimate of drug-likeness (QED) is 0.537. The summed E-state index contributed by atoms with van der Waals surface area (Å²) in [6.45, 7) is 2.24. The molecular weight excluding hydrogens is 152 g/mol. The third-order valence-electron chi connectivity index (χ3n) is 1.76. The second kappa shape index (κ2) is 4.47. The van der Waals surface area contributed by atoms with Crippen molar-refractivity contribution < 1.29 is 5.11 Å².